The van der Waals surface area contributed by atoms with Crippen LogP contribution in [0.25, 0.3) is 0 Å². The zero-order valence-electron chi connectivity index (χ0n) is 11.1. The molecule has 5 nitrogen and oxygen atoms in total. The van der Waals surface area contributed by atoms with Crippen molar-refractivity contribution in [1.29, 1.82) is 0 Å². The van der Waals surface area contributed by atoms with Crippen LogP contribution in [0.2, 0.25) is 0 Å². The first-order valence-corrected chi connectivity index (χ1v) is 6.37. The van der Waals surface area contributed by atoms with Gasteiger partial charge < -0.3 is 15.7 Å². The van der Waals surface area contributed by atoms with Gasteiger partial charge in [0.1, 0.15) is 0 Å². The smallest absolute Gasteiger partial charge is 0.309 e. The van der Waals surface area contributed by atoms with Gasteiger partial charge in [-0.2, -0.15) is 0 Å². The summed E-state index contributed by atoms with van der Waals surface area (Å²) in [4.78, 5) is 22.6. The van der Waals surface area contributed by atoms with Crippen molar-refractivity contribution in [2.75, 3.05) is 13.1 Å². The molecule has 1 unspecified atom stereocenters. The molecule has 0 spiro atoms. The first-order chi connectivity index (χ1) is 9.09. The molecule has 0 aliphatic carbocycles. The molecule has 1 aromatic rings. The molecular formula is C14H20N2O3. The molecule has 5 heteroatoms. The van der Waals surface area contributed by atoms with Crippen molar-refractivity contribution in [3.8, 4) is 0 Å². The summed E-state index contributed by atoms with van der Waals surface area (Å²) in [7, 11) is 0. The van der Waals surface area contributed by atoms with E-state index in [4.69, 9.17) is 5.11 Å². The van der Waals surface area contributed by atoms with Crippen LogP contribution in [-0.2, 0) is 16.0 Å². The highest BCUT2D eigenvalue weighted by molar-refractivity contribution is 6.35. The average molecular weight is 264 g/mol. The zero-order valence-corrected chi connectivity index (χ0v) is 11.1. The molecule has 1 atom stereocenters. The minimum atomic E-state index is -0.708. The summed E-state index contributed by atoms with van der Waals surface area (Å²) in [6.45, 7) is 2.07. The number of rotatable bonds is 6. The van der Waals surface area contributed by atoms with Crippen molar-refractivity contribution in [1.82, 2.24) is 10.6 Å². The van der Waals surface area contributed by atoms with Crippen LogP contribution in [0.4, 0.5) is 0 Å². The van der Waals surface area contributed by atoms with E-state index >= 15 is 0 Å². The molecule has 0 fully saturated rings. The fourth-order valence-electron chi connectivity index (χ4n) is 1.54. The Bertz CT molecular complexity index is 404. The molecule has 0 heterocycles. The van der Waals surface area contributed by atoms with Gasteiger partial charge >= 0.3 is 11.8 Å². The number of aryl methyl sites for hydroxylation is 1. The summed E-state index contributed by atoms with van der Waals surface area (Å²) in [6.07, 6.45) is 0.977. The number of carbonyl (C=O) groups excluding carboxylic acids is 2. The van der Waals surface area contributed by atoms with Gasteiger partial charge in [-0.1, -0.05) is 30.3 Å². The second-order valence-electron chi connectivity index (χ2n) is 4.40. The molecule has 0 bridgehead atoms. The molecule has 2 amide bonds. The van der Waals surface area contributed by atoms with Crippen molar-refractivity contribution in [3.63, 3.8) is 0 Å². The highest BCUT2D eigenvalue weighted by Gasteiger charge is 2.12. The van der Waals surface area contributed by atoms with Crippen molar-refractivity contribution >= 4 is 11.8 Å². The second kappa shape index (κ2) is 8.26. The molecule has 0 radical (unpaired) electrons. The lowest BCUT2D eigenvalue weighted by Gasteiger charge is -2.07. The highest BCUT2D eigenvalue weighted by atomic mass is 16.3. The summed E-state index contributed by atoms with van der Waals surface area (Å²) in [6, 6.07) is 9.95. The van der Waals surface area contributed by atoms with Crippen molar-refractivity contribution in [3.05, 3.63) is 35.9 Å². The monoisotopic (exact) mass is 264 g/mol. The van der Waals surface area contributed by atoms with Crippen molar-refractivity contribution in [2.45, 2.75) is 25.9 Å². The Morgan fingerprint density at radius 2 is 1.79 bits per heavy atom. The predicted octanol–water partition coefficient (Wildman–Crippen LogP) is 0.232. The Hall–Kier alpha value is -1.88. The molecule has 0 aliphatic heterocycles. The molecular weight excluding hydrogens is 244 g/mol. The van der Waals surface area contributed by atoms with Gasteiger partial charge in [-0.05, 0) is 25.3 Å². The predicted molar refractivity (Wildman–Crippen MR) is 72.5 cm³/mol. The lowest BCUT2D eigenvalue weighted by atomic mass is 10.1. The van der Waals surface area contributed by atoms with E-state index in [9.17, 15) is 9.59 Å². The van der Waals surface area contributed by atoms with E-state index < -0.39 is 17.9 Å². The minimum absolute atomic E-state index is 0.0796. The quantitative estimate of drug-likeness (QED) is 0.508. The van der Waals surface area contributed by atoms with Gasteiger partial charge in [0.25, 0.3) is 0 Å². The third kappa shape index (κ3) is 6.57. The molecule has 3 N–H and O–H groups in total. The highest BCUT2D eigenvalue weighted by Crippen LogP contribution is 2.01. The number of carbonyl (C=O) groups is 2. The third-order valence-electron chi connectivity index (χ3n) is 2.53. The Labute approximate surface area is 113 Å². The van der Waals surface area contributed by atoms with E-state index in [1.54, 1.807) is 0 Å². The SMILES string of the molecule is CC(O)CNC(=O)C(=O)NCCCc1ccccc1. The van der Waals surface area contributed by atoms with Gasteiger partial charge in [0.05, 0.1) is 6.10 Å². The normalized spacial score (nSPS) is 11.7. The lowest BCUT2D eigenvalue weighted by Crippen LogP contribution is -2.42. The molecule has 0 saturated carbocycles. The summed E-state index contributed by atoms with van der Waals surface area (Å²) in [5.41, 5.74) is 1.20. The number of nitrogens with one attached hydrogen (secondary N) is 2. The van der Waals surface area contributed by atoms with E-state index in [0.717, 1.165) is 12.8 Å². The van der Waals surface area contributed by atoms with E-state index in [2.05, 4.69) is 10.6 Å². The Morgan fingerprint density at radius 1 is 1.16 bits per heavy atom. The maximum atomic E-state index is 11.4. The second-order valence-corrected chi connectivity index (χ2v) is 4.40. The van der Waals surface area contributed by atoms with E-state index in [0.29, 0.717) is 6.54 Å². The van der Waals surface area contributed by atoms with Crippen LogP contribution in [0.15, 0.2) is 30.3 Å². The summed E-state index contributed by atoms with van der Waals surface area (Å²) in [5, 5.41) is 13.9. The van der Waals surface area contributed by atoms with E-state index in [1.807, 2.05) is 30.3 Å². The van der Waals surface area contributed by atoms with Crippen LogP contribution in [0, 0.1) is 0 Å². The molecule has 0 aliphatic rings. The van der Waals surface area contributed by atoms with Crippen LogP contribution in [0.3, 0.4) is 0 Å². The summed E-state index contributed by atoms with van der Waals surface area (Å²) >= 11 is 0. The van der Waals surface area contributed by atoms with Crippen LogP contribution < -0.4 is 10.6 Å². The van der Waals surface area contributed by atoms with Crippen LogP contribution >= 0.6 is 0 Å². The molecule has 19 heavy (non-hydrogen) atoms. The van der Waals surface area contributed by atoms with E-state index in [-0.39, 0.29) is 6.54 Å². The summed E-state index contributed by atoms with van der Waals surface area (Å²) in [5.74, 6) is -1.37. The van der Waals surface area contributed by atoms with Crippen LogP contribution in [-0.4, -0.2) is 36.1 Å². The van der Waals surface area contributed by atoms with Crippen molar-refractivity contribution < 1.29 is 14.7 Å². The minimum Gasteiger partial charge on any atom is -0.392 e. The van der Waals surface area contributed by atoms with Gasteiger partial charge in [-0.15, -0.1) is 0 Å². The number of aliphatic hydroxyl groups excluding tert-OH is 1. The van der Waals surface area contributed by atoms with Gasteiger partial charge in [0.2, 0.25) is 0 Å². The number of benzene rings is 1. The van der Waals surface area contributed by atoms with Gasteiger partial charge in [-0.25, -0.2) is 0 Å². The first-order valence-electron chi connectivity index (χ1n) is 6.37. The van der Waals surface area contributed by atoms with Crippen molar-refractivity contribution in [2.24, 2.45) is 0 Å². The zero-order chi connectivity index (χ0) is 14.1. The summed E-state index contributed by atoms with van der Waals surface area (Å²) < 4.78 is 0. The van der Waals surface area contributed by atoms with E-state index in [1.165, 1.54) is 12.5 Å². The first kappa shape index (κ1) is 15.2. The average Bonchev–Trinajstić information content (AvgIpc) is 2.41. The Morgan fingerprint density at radius 3 is 2.42 bits per heavy atom. The van der Waals surface area contributed by atoms with Gasteiger partial charge in [0, 0.05) is 13.1 Å². The Balaban J connectivity index is 2.15. The maximum absolute atomic E-state index is 11.4. The van der Waals surface area contributed by atoms with Gasteiger partial charge in [-0.3, -0.25) is 9.59 Å². The molecule has 1 rings (SSSR count). The fraction of sp³-hybridized carbons (Fsp3) is 0.429. The third-order valence-corrected chi connectivity index (χ3v) is 2.53. The van der Waals surface area contributed by atoms with Gasteiger partial charge in [0.15, 0.2) is 0 Å². The lowest BCUT2D eigenvalue weighted by molar-refractivity contribution is -0.139. The maximum Gasteiger partial charge on any atom is 0.309 e. The number of hydrogen-bond donors (Lipinski definition) is 3. The Kier molecular flexibility index (Phi) is 6.60. The largest absolute Gasteiger partial charge is 0.392 e. The molecule has 104 valence electrons. The topological polar surface area (TPSA) is 78.4 Å². The fourth-order valence-corrected chi connectivity index (χ4v) is 1.54. The van der Waals surface area contributed by atoms with Crippen LogP contribution in [0.1, 0.15) is 18.9 Å². The number of hydrogen-bond acceptors (Lipinski definition) is 3. The standard InChI is InChI=1S/C14H20N2O3/c1-11(17)10-16-14(19)13(18)15-9-5-8-12-6-3-2-4-7-12/h2-4,6-7,11,17H,5,8-10H2,1H3,(H,15,18)(H,16,19). The van der Waals surface area contributed by atoms with Crippen LogP contribution in [0.5, 0.6) is 0 Å². The molecule has 0 aromatic heterocycles. The molecule has 0 saturated heterocycles. The molecule has 1 aromatic carbocycles. The number of amides is 2. The number of aliphatic hydroxyl groups is 1.